The molecular formula is C27H29F2N6O7PS. The van der Waals surface area contributed by atoms with Gasteiger partial charge in [-0.05, 0) is 37.6 Å². The Kier molecular flexibility index (Phi) is 9.98. The maximum Gasteiger partial charge on any atom is 0.469 e. The normalized spacial score (nSPS) is 15.4. The molecule has 13 nitrogen and oxygen atoms in total. The minimum Gasteiger partial charge on any atom is -0.493 e. The molecule has 0 bridgehead atoms. The second kappa shape index (κ2) is 13.9. The number of hydrogen-bond donors (Lipinski definition) is 4. The highest BCUT2D eigenvalue weighted by Crippen LogP contribution is 2.37. The number of thiazole rings is 1. The van der Waals surface area contributed by atoms with Gasteiger partial charge < -0.3 is 29.9 Å². The lowest BCUT2D eigenvalue weighted by Crippen LogP contribution is -2.36. The van der Waals surface area contributed by atoms with Gasteiger partial charge in [-0.1, -0.05) is 6.07 Å². The number of anilines is 3. The summed E-state index contributed by atoms with van der Waals surface area (Å²) in [5, 5.41) is 6.57. The Morgan fingerprint density at radius 2 is 2.05 bits per heavy atom. The first-order valence-corrected chi connectivity index (χ1v) is 15.8. The quantitative estimate of drug-likeness (QED) is 0.152. The van der Waals surface area contributed by atoms with Crippen molar-refractivity contribution in [1.82, 2.24) is 19.9 Å². The first-order chi connectivity index (χ1) is 21.1. The first-order valence-electron chi connectivity index (χ1n) is 13.4. The number of nitrogens with one attached hydrogen (secondary N) is 2. The van der Waals surface area contributed by atoms with Crippen molar-refractivity contribution in [2.75, 3.05) is 44.0 Å². The van der Waals surface area contributed by atoms with E-state index in [1.165, 1.54) is 43.1 Å². The van der Waals surface area contributed by atoms with Crippen LogP contribution in [0.3, 0.4) is 0 Å². The van der Waals surface area contributed by atoms with Crippen LogP contribution in [0.2, 0.25) is 0 Å². The van der Waals surface area contributed by atoms with E-state index in [1.807, 2.05) is 0 Å². The fourth-order valence-electron chi connectivity index (χ4n) is 4.77. The molecule has 4 aromatic rings. The number of carbonyl (C=O) groups excluding carboxylic acids is 1. The number of aromatic nitrogens is 3. The summed E-state index contributed by atoms with van der Waals surface area (Å²) in [6.07, 6.45) is 4.46. The number of benzene rings is 2. The number of fused-ring (bicyclic) bond motifs is 1. The second-order valence-corrected chi connectivity index (χ2v) is 12.1. The fraction of sp³-hybridized carbons (Fsp3) is 0.333. The zero-order valence-corrected chi connectivity index (χ0v) is 25.1. The summed E-state index contributed by atoms with van der Waals surface area (Å²) in [4.78, 5) is 46.0. The van der Waals surface area contributed by atoms with Gasteiger partial charge in [0.2, 0.25) is 5.91 Å². The minimum absolute atomic E-state index is 0.0566. The number of phosphoric ester groups is 1. The standard InChI is InChI=1S/C27H29F2N6O7PS/c1-40-22-11-18-21(12-23(22)41-9-8-35-7-3-4-16(35)14-42-43(37,38)39)31-15-32-26(18)34-27-30-13-17(44-27)10-24(36)33-20-6-2-5-19(28)25(20)29/h2,5-6,11-13,15-16H,3-4,7-10,14H2,1H3,(H,33,36)(H2,37,38,39)(H,30,31,32,34)/t16-/m1/s1. The first kappa shape index (κ1) is 31.6. The Bertz CT molecular complexity index is 1690. The number of hydrogen-bond acceptors (Lipinski definition) is 11. The summed E-state index contributed by atoms with van der Waals surface area (Å²) in [6, 6.07) is 6.90. The molecular weight excluding hydrogens is 621 g/mol. The largest absolute Gasteiger partial charge is 0.493 e. The third-order valence-corrected chi connectivity index (χ3v) is 8.23. The number of phosphoric acid groups is 1. The predicted molar refractivity (Wildman–Crippen MR) is 158 cm³/mol. The van der Waals surface area contributed by atoms with Crippen LogP contribution >= 0.6 is 19.2 Å². The van der Waals surface area contributed by atoms with Crippen LogP contribution in [0.1, 0.15) is 17.7 Å². The highest BCUT2D eigenvalue weighted by Gasteiger charge is 2.27. The summed E-state index contributed by atoms with van der Waals surface area (Å²) in [6.45, 7) is 1.53. The molecule has 234 valence electrons. The van der Waals surface area contributed by atoms with Gasteiger partial charge in [0.25, 0.3) is 0 Å². The van der Waals surface area contributed by atoms with E-state index in [1.54, 1.807) is 12.1 Å². The van der Waals surface area contributed by atoms with Crippen LogP contribution in [-0.2, 0) is 20.3 Å². The van der Waals surface area contributed by atoms with Crippen molar-refractivity contribution in [2.45, 2.75) is 25.3 Å². The molecule has 1 amide bonds. The molecule has 17 heteroatoms. The molecule has 2 aromatic heterocycles. The SMILES string of the molecule is COc1cc2c(Nc3ncc(CC(=O)Nc4cccc(F)c4F)s3)ncnc2cc1OCCN1CCC[C@@H]1COP(=O)(O)O. The van der Waals surface area contributed by atoms with Gasteiger partial charge in [-0.15, -0.1) is 11.3 Å². The maximum atomic E-state index is 13.9. The molecule has 0 aliphatic carbocycles. The van der Waals surface area contributed by atoms with Crippen LogP contribution in [0.4, 0.5) is 25.4 Å². The summed E-state index contributed by atoms with van der Waals surface area (Å²) in [5.74, 6) is -1.35. The van der Waals surface area contributed by atoms with E-state index >= 15 is 0 Å². The Balaban J connectivity index is 1.22. The van der Waals surface area contributed by atoms with Crippen molar-refractivity contribution < 1.29 is 41.9 Å². The fourth-order valence-corrected chi connectivity index (χ4v) is 5.95. The van der Waals surface area contributed by atoms with Gasteiger partial charge in [0, 0.05) is 35.1 Å². The van der Waals surface area contributed by atoms with Crippen LogP contribution in [0.15, 0.2) is 42.9 Å². The van der Waals surface area contributed by atoms with E-state index in [0.29, 0.717) is 51.4 Å². The lowest BCUT2D eigenvalue weighted by molar-refractivity contribution is -0.115. The number of amides is 1. The lowest BCUT2D eigenvalue weighted by Gasteiger charge is -2.24. The smallest absolute Gasteiger partial charge is 0.469 e. The number of halogens is 2. The number of carbonyl (C=O) groups is 1. The van der Waals surface area contributed by atoms with Crippen LogP contribution < -0.4 is 20.1 Å². The number of rotatable bonds is 13. The van der Waals surface area contributed by atoms with Crippen molar-refractivity contribution in [3.05, 3.63) is 59.4 Å². The highest BCUT2D eigenvalue weighted by atomic mass is 32.1. The van der Waals surface area contributed by atoms with E-state index in [9.17, 15) is 18.1 Å². The highest BCUT2D eigenvalue weighted by molar-refractivity contribution is 7.46. The Hall–Kier alpha value is -3.79. The Morgan fingerprint density at radius 3 is 2.84 bits per heavy atom. The van der Waals surface area contributed by atoms with Gasteiger partial charge in [0.05, 0.1) is 31.3 Å². The third-order valence-electron chi connectivity index (χ3n) is 6.83. The van der Waals surface area contributed by atoms with E-state index in [4.69, 9.17) is 23.8 Å². The second-order valence-electron chi connectivity index (χ2n) is 9.79. The molecule has 5 rings (SSSR count). The molecule has 0 saturated carbocycles. The number of methoxy groups -OCH3 is 1. The number of nitrogens with zero attached hydrogens (tertiary/aromatic N) is 4. The Morgan fingerprint density at radius 1 is 1.20 bits per heavy atom. The summed E-state index contributed by atoms with van der Waals surface area (Å²) >= 11 is 1.20. The molecule has 0 unspecified atom stereocenters. The summed E-state index contributed by atoms with van der Waals surface area (Å²) < 4.78 is 54.7. The molecule has 1 aliphatic rings. The molecule has 4 N–H and O–H groups in total. The molecule has 1 aliphatic heterocycles. The average molecular weight is 651 g/mol. The van der Waals surface area contributed by atoms with Crippen LogP contribution in [0, 0.1) is 11.6 Å². The maximum absolute atomic E-state index is 13.9. The summed E-state index contributed by atoms with van der Waals surface area (Å²) in [5.41, 5.74) is 0.330. The molecule has 1 saturated heterocycles. The number of likely N-dealkylation sites (tertiary alicyclic amines) is 1. The third kappa shape index (κ3) is 8.02. The molecule has 0 spiro atoms. The van der Waals surface area contributed by atoms with Gasteiger partial charge in [-0.3, -0.25) is 14.2 Å². The molecule has 44 heavy (non-hydrogen) atoms. The predicted octanol–water partition coefficient (Wildman–Crippen LogP) is 4.25. The molecule has 2 aromatic carbocycles. The lowest BCUT2D eigenvalue weighted by atomic mass is 10.2. The van der Waals surface area contributed by atoms with Crippen molar-refractivity contribution in [1.29, 1.82) is 0 Å². The molecule has 1 fully saturated rings. The number of ether oxygens (including phenoxy) is 2. The minimum atomic E-state index is -4.53. The zero-order chi connectivity index (χ0) is 31.3. The van der Waals surface area contributed by atoms with E-state index in [-0.39, 0.29) is 24.8 Å². The van der Waals surface area contributed by atoms with Gasteiger partial charge in [0.15, 0.2) is 28.3 Å². The van der Waals surface area contributed by atoms with Gasteiger partial charge in [0.1, 0.15) is 18.8 Å². The Labute approximate surface area is 254 Å². The van der Waals surface area contributed by atoms with Crippen LogP contribution in [-0.4, -0.2) is 75.0 Å². The van der Waals surface area contributed by atoms with Gasteiger partial charge in [-0.25, -0.2) is 28.3 Å². The topological polar surface area (TPSA) is 168 Å². The van der Waals surface area contributed by atoms with Gasteiger partial charge in [-0.2, -0.15) is 0 Å². The average Bonchev–Trinajstić information content (AvgIpc) is 3.62. The zero-order valence-electron chi connectivity index (χ0n) is 23.4. The van der Waals surface area contributed by atoms with Gasteiger partial charge >= 0.3 is 7.82 Å². The molecule has 1 atom stereocenters. The molecule has 3 heterocycles. The van der Waals surface area contributed by atoms with E-state index in [2.05, 4.69) is 30.5 Å². The summed E-state index contributed by atoms with van der Waals surface area (Å²) in [7, 11) is -3.02. The van der Waals surface area contributed by atoms with Crippen LogP contribution in [0.25, 0.3) is 10.9 Å². The van der Waals surface area contributed by atoms with Crippen molar-refractivity contribution in [2.24, 2.45) is 0 Å². The van der Waals surface area contributed by atoms with E-state index in [0.717, 1.165) is 25.5 Å². The monoisotopic (exact) mass is 650 g/mol. The van der Waals surface area contributed by atoms with Crippen molar-refractivity contribution >= 4 is 52.6 Å². The molecule has 0 radical (unpaired) electrons. The van der Waals surface area contributed by atoms with Crippen molar-refractivity contribution in [3.63, 3.8) is 0 Å². The van der Waals surface area contributed by atoms with Crippen molar-refractivity contribution in [3.8, 4) is 11.5 Å². The van der Waals surface area contributed by atoms with E-state index < -0.39 is 25.4 Å². The van der Waals surface area contributed by atoms with Crippen LogP contribution in [0.5, 0.6) is 11.5 Å².